The molecule has 6 nitrogen and oxygen atoms in total. The number of benzene rings is 1. The fraction of sp³-hybridized carbons (Fsp3) is 0.350. The maximum absolute atomic E-state index is 5.96. The molecular weight excluding hydrogens is 326 g/mol. The number of aryl methyl sites for hydroxylation is 1. The number of pyridine rings is 1. The van der Waals surface area contributed by atoms with Crippen molar-refractivity contribution in [3.8, 4) is 11.5 Å². The van der Waals surface area contributed by atoms with Gasteiger partial charge in [-0.15, -0.1) is 10.2 Å². The van der Waals surface area contributed by atoms with E-state index in [1.54, 1.807) is 0 Å². The first-order valence-electron chi connectivity index (χ1n) is 9.01. The second-order valence-corrected chi connectivity index (χ2v) is 6.70. The minimum Gasteiger partial charge on any atom is -0.419 e. The van der Waals surface area contributed by atoms with E-state index in [0.29, 0.717) is 11.8 Å². The van der Waals surface area contributed by atoms with E-state index in [1.807, 2.05) is 30.5 Å². The minimum atomic E-state index is 0.104. The molecule has 1 aromatic carbocycles. The van der Waals surface area contributed by atoms with Crippen molar-refractivity contribution in [2.45, 2.75) is 19.9 Å². The third kappa shape index (κ3) is 3.46. The first kappa shape index (κ1) is 16.7. The van der Waals surface area contributed by atoms with Crippen LogP contribution in [-0.4, -0.2) is 46.3 Å². The molecule has 3 heterocycles. The second kappa shape index (κ2) is 7.25. The summed E-state index contributed by atoms with van der Waals surface area (Å²) in [6.07, 6.45) is 1.84. The monoisotopic (exact) mass is 349 g/mol. The molecule has 1 aliphatic heterocycles. The van der Waals surface area contributed by atoms with E-state index in [-0.39, 0.29) is 6.04 Å². The summed E-state index contributed by atoms with van der Waals surface area (Å²) in [4.78, 5) is 9.14. The molecule has 1 atom stereocenters. The van der Waals surface area contributed by atoms with E-state index >= 15 is 0 Å². The van der Waals surface area contributed by atoms with Gasteiger partial charge in [0.25, 0.3) is 0 Å². The Morgan fingerprint density at radius 2 is 1.85 bits per heavy atom. The number of nitrogens with zero attached hydrogens (tertiary/aromatic N) is 5. The van der Waals surface area contributed by atoms with Gasteiger partial charge in [0.1, 0.15) is 5.82 Å². The van der Waals surface area contributed by atoms with Crippen LogP contribution in [0.15, 0.2) is 53.1 Å². The molecule has 0 saturated carbocycles. The van der Waals surface area contributed by atoms with Crippen LogP contribution in [-0.2, 0) is 0 Å². The van der Waals surface area contributed by atoms with Crippen LogP contribution in [0.2, 0.25) is 0 Å². The number of hydrogen-bond donors (Lipinski definition) is 0. The fourth-order valence-corrected chi connectivity index (χ4v) is 3.33. The smallest absolute Gasteiger partial charge is 0.247 e. The van der Waals surface area contributed by atoms with Gasteiger partial charge in [0.15, 0.2) is 0 Å². The van der Waals surface area contributed by atoms with E-state index in [9.17, 15) is 0 Å². The number of piperazine rings is 1. The van der Waals surface area contributed by atoms with Gasteiger partial charge < -0.3 is 9.32 Å². The molecule has 0 spiro atoms. The van der Waals surface area contributed by atoms with Gasteiger partial charge in [-0.25, -0.2) is 4.98 Å². The molecule has 0 amide bonds. The van der Waals surface area contributed by atoms with Crippen molar-refractivity contribution >= 4 is 5.82 Å². The molecule has 1 saturated heterocycles. The zero-order valence-electron chi connectivity index (χ0n) is 15.2. The number of aromatic nitrogens is 3. The third-order valence-electron chi connectivity index (χ3n) is 4.90. The Morgan fingerprint density at radius 1 is 1.00 bits per heavy atom. The zero-order chi connectivity index (χ0) is 17.9. The predicted molar refractivity (Wildman–Crippen MR) is 101 cm³/mol. The number of hydrogen-bond acceptors (Lipinski definition) is 6. The topological polar surface area (TPSA) is 58.3 Å². The van der Waals surface area contributed by atoms with Crippen molar-refractivity contribution in [3.63, 3.8) is 0 Å². The molecule has 6 heteroatoms. The lowest BCUT2D eigenvalue weighted by molar-refractivity contribution is 0.173. The molecule has 0 N–H and O–H groups in total. The normalized spacial score (nSPS) is 16.6. The lowest BCUT2D eigenvalue weighted by Gasteiger charge is -2.37. The fourth-order valence-electron chi connectivity index (χ4n) is 3.33. The summed E-state index contributed by atoms with van der Waals surface area (Å²) in [5.41, 5.74) is 2.15. The van der Waals surface area contributed by atoms with Crippen LogP contribution in [0, 0.1) is 6.92 Å². The number of anilines is 1. The largest absolute Gasteiger partial charge is 0.419 e. The maximum atomic E-state index is 5.96. The zero-order valence-corrected chi connectivity index (χ0v) is 15.2. The standard InChI is InChI=1S/C20H23N5O/c1-15-6-5-7-17(14-15)20-23-22-19(26-20)16(2)24-10-12-25(13-11-24)18-8-3-4-9-21-18/h3-9,14,16H,10-13H2,1-2H3/t16-/m1/s1. The highest BCUT2D eigenvalue weighted by Crippen LogP contribution is 2.25. The van der Waals surface area contributed by atoms with Gasteiger partial charge in [-0.2, -0.15) is 0 Å². The van der Waals surface area contributed by atoms with E-state index in [1.165, 1.54) is 5.56 Å². The third-order valence-corrected chi connectivity index (χ3v) is 4.90. The maximum Gasteiger partial charge on any atom is 0.247 e. The first-order valence-corrected chi connectivity index (χ1v) is 9.01. The van der Waals surface area contributed by atoms with Crippen molar-refractivity contribution < 1.29 is 4.42 Å². The van der Waals surface area contributed by atoms with Gasteiger partial charge >= 0.3 is 0 Å². The van der Waals surface area contributed by atoms with Crippen LogP contribution >= 0.6 is 0 Å². The summed E-state index contributed by atoms with van der Waals surface area (Å²) in [7, 11) is 0. The van der Waals surface area contributed by atoms with Crippen molar-refractivity contribution in [3.05, 3.63) is 60.1 Å². The molecule has 134 valence electrons. The van der Waals surface area contributed by atoms with Gasteiger partial charge in [0.2, 0.25) is 11.8 Å². The first-order chi connectivity index (χ1) is 12.7. The molecule has 0 unspecified atom stereocenters. The Hall–Kier alpha value is -2.73. The van der Waals surface area contributed by atoms with Gasteiger partial charge in [-0.3, -0.25) is 4.90 Å². The molecule has 4 rings (SSSR count). The molecule has 0 aliphatic carbocycles. The lowest BCUT2D eigenvalue weighted by Crippen LogP contribution is -2.47. The van der Waals surface area contributed by atoms with Crippen LogP contribution in [0.1, 0.15) is 24.4 Å². The van der Waals surface area contributed by atoms with Crippen molar-refractivity contribution in [2.24, 2.45) is 0 Å². The van der Waals surface area contributed by atoms with Crippen LogP contribution in [0.4, 0.5) is 5.82 Å². The van der Waals surface area contributed by atoms with Gasteiger partial charge in [0, 0.05) is 37.9 Å². The van der Waals surface area contributed by atoms with Crippen molar-refractivity contribution in [2.75, 3.05) is 31.1 Å². The molecule has 3 aromatic rings. The Kier molecular flexibility index (Phi) is 4.67. The molecule has 0 bridgehead atoms. The summed E-state index contributed by atoms with van der Waals surface area (Å²) in [6, 6.07) is 14.3. The van der Waals surface area contributed by atoms with E-state index in [2.05, 4.69) is 57.0 Å². The highest BCUT2D eigenvalue weighted by Gasteiger charge is 2.26. The summed E-state index contributed by atoms with van der Waals surface area (Å²) in [6.45, 7) is 7.97. The lowest BCUT2D eigenvalue weighted by atomic mass is 10.1. The summed E-state index contributed by atoms with van der Waals surface area (Å²) in [5, 5.41) is 8.53. The van der Waals surface area contributed by atoms with Crippen LogP contribution in [0.3, 0.4) is 0 Å². The average Bonchev–Trinajstić information content (AvgIpc) is 3.18. The molecule has 1 fully saturated rings. The Morgan fingerprint density at radius 3 is 2.58 bits per heavy atom. The molecule has 0 radical (unpaired) electrons. The Balaban J connectivity index is 1.42. The molecular formula is C20H23N5O. The van der Waals surface area contributed by atoms with E-state index in [0.717, 1.165) is 37.6 Å². The Bertz CT molecular complexity index is 855. The quantitative estimate of drug-likeness (QED) is 0.720. The van der Waals surface area contributed by atoms with E-state index in [4.69, 9.17) is 4.42 Å². The van der Waals surface area contributed by atoms with Crippen molar-refractivity contribution in [1.82, 2.24) is 20.1 Å². The summed E-state index contributed by atoms with van der Waals surface area (Å²) < 4.78 is 5.96. The molecule has 1 aliphatic rings. The SMILES string of the molecule is Cc1cccc(-c2nnc([C@@H](C)N3CCN(c4ccccn4)CC3)o2)c1. The predicted octanol–water partition coefficient (Wildman–Crippen LogP) is 3.32. The van der Waals surface area contributed by atoms with Crippen LogP contribution in [0.25, 0.3) is 11.5 Å². The average molecular weight is 349 g/mol. The minimum absolute atomic E-state index is 0.104. The second-order valence-electron chi connectivity index (χ2n) is 6.70. The highest BCUT2D eigenvalue weighted by molar-refractivity contribution is 5.53. The Labute approximate surface area is 153 Å². The summed E-state index contributed by atoms with van der Waals surface area (Å²) >= 11 is 0. The molecule has 2 aromatic heterocycles. The summed E-state index contributed by atoms with van der Waals surface area (Å²) in [5.74, 6) is 2.30. The van der Waals surface area contributed by atoms with Gasteiger partial charge in [-0.05, 0) is 38.1 Å². The van der Waals surface area contributed by atoms with Crippen molar-refractivity contribution in [1.29, 1.82) is 0 Å². The number of rotatable bonds is 4. The highest BCUT2D eigenvalue weighted by atomic mass is 16.4. The van der Waals surface area contributed by atoms with E-state index < -0.39 is 0 Å². The van der Waals surface area contributed by atoms with Crippen LogP contribution in [0.5, 0.6) is 0 Å². The molecule has 26 heavy (non-hydrogen) atoms. The van der Waals surface area contributed by atoms with Gasteiger partial charge in [-0.1, -0.05) is 23.8 Å². The van der Waals surface area contributed by atoms with Gasteiger partial charge in [0.05, 0.1) is 6.04 Å². The van der Waals surface area contributed by atoms with Crippen LogP contribution < -0.4 is 4.90 Å².